The van der Waals surface area contributed by atoms with Gasteiger partial charge in [0.2, 0.25) is 0 Å². The second-order valence-electron chi connectivity index (χ2n) is 4.30. The number of carbonyl (C=O) groups excluding carboxylic acids is 1. The van der Waals surface area contributed by atoms with Crippen molar-refractivity contribution in [1.29, 1.82) is 0 Å². The molecule has 2 atom stereocenters. The Kier molecular flexibility index (Phi) is 5.79. The van der Waals surface area contributed by atoms with Crippen molar-refractivity contribution in [3.63, 3.8) is 0 Å². The minimum absolute atomic E-state index is 0.230. The summed E-state index contributed by atoms with van der Waals surface area (Å²) in [7, 11) is 1.27. The van der Waals surface area contributed by atoms with Crippen molar-refractivity contribution in [1.82, 2.24) is 0 Å². The van der Waals surface area contributed by atoms with Crippen molar-refractivity contribution in [3.05, 3.63) is 33.8 Å². The van der Waals surface area contributed by atoms with Gasteiger partial charge in [-0.1, -0.05) is 25.4 Å². The molecule has 0 radical (unpaired) electrons. The molecule has 0 bridgehead atoms. The van der Waals surface area contributed by atoms with Gasteiger partial charge in [-0.15, -0.1) is 0 Å². The summed E-state index contributed by atoms with van der Waals surface area (Å²) in [6, 6.07) is 3.02. The molecule has 106 valence electrons. The minimum Gasteiger partial charge on any atom is -0.465 e. The molecule has 0 amide bonds. The molecular weight excluding hydrogens is 268 g/mol. The van der Waals surface area contributed by atoms with Crippen LogP contribution >= 0.6 is 11.6 Å². The zero-order valence-corrected chi connectivity index (χ0v) is 12.1. The van der Waals surface area contributed by atoms with Crippen LogP contribution < -0.4 is 0 Å². The van der Waals surface area contributed by atoms with Gasteiger partial charge in [-0.2, -0.15) is 0 Å². The third kappa shape index (κ3) is 3.47. The van der Waals surface area contributed by atoms with E-state index in [1.807, 2.05) is 6.92 Å². The zero-order chi connectivity index (χ0) is 14.6. The van der Waals surface area contributed by atoms with Crippen molar-refractivity contribution in [2.75, 3.05) is 7.11 Å². The van der Waals surface area contributed by atoms with E-state index < -0.39 is 18.2 Å². The lowest BCUT2D eigenvalue weighted by atomic mass is 9.95. The van der Waals surface area contributed by atoms with E-state index >= 15 is 0 Å². The Morgan fingerprint density at radius 2 is 1.74 bits per heavy atom. The van der Waals surface area contributed by atoms with Gasteiger partial charge in [0.1, 0.15) is 0 Å². The molecule has 2 N–H and O–H groups in total. The molecule has 0 heterocycles. The Morgan fingerprint density at radius 3 is 2.21 bits per heavy atom. The van der Waals surface area contributed by atoms with Crippen molar-refractivity contribution in [2.45, 2.75) is 38.9 Å². The number of carbonyl (C=O) groups is 1. The Bertz CT molecular complexity index is 459. The van der Waals surface area contributed by atoms with E-state index in [4.69, 9.17) is 11.6 Å². The maximum absolute atomic E-state index is 11.7. The predicted molar refractivity (Wildman–Crippen MR) is 73.3 cm³/mol. The largest absolute Gasteiger partial charge is 0.465 e. The number of hydrogen-bond acceptors (Lipinski definition) is 4. The smallest absolute Gasteiger partial charge is 0.338 e. The highest BCUT2D eigenvalue weighted by Gasteiger charge is 2.21. The number of ether oxygens (including phenoxy) is 1. The van der Waals surface area contributed by atoms with Crippen LogP contribution in [0.25, 0.3) is 0 Å². The normalized spacial score (nSPS) is 14.0. The molecule has 1 rings (SSSR count). The Balaban J connectivity index is 3.40. The molecule has 5 heteroatoms. The van der Waals surface area contributed by atoms with Crippen LogP contribution in [0.3, 0.4) is 0 Å². The lowest BCUT2D eigenvalue weighted by Gasteiger charge is -2.18. The van der Waals surface area contributed by atoms with Crippen LogP contribution in [-0.2, 0) is 4.74 Å². The summed E-state index contributed by atoms with van der Waals surface area (Å²) in [6.07, 6.45) is -0.567. The van der Waals surface area contributed by atoms with Crippen LogP contribution in [0.5, 0.6) is 0 Å². The van der Waals surface area contributed by atoms with E-state index in [9.17, 15) is 15.0 Å². The van der Waals surface area contributed by atoms with E-state index in [0.717, 1.165) is 0 Å². The molecule has 0 aromatic heterocycles. The van der Waals surface area contributed by atoms with E-state index in [2.05, 4.69) is 4.74 Å². The molecule has 0 saturated carbocycles. The van der Waals surface area contributed by atoms with Crippen LogP contribution in [0, 0.1) is 0 Å². The molecule has 0 aliphatic heterocycles. The molecule has 0 aliphatic rings. The van der Waals surface area contributed by atoms with Gasteiger partial charge in [-0.3, -0.25) is 0 Å². The average Bonchev–Trinajstić information content (AvgIpc) is 2.44. The number of benzene rings is 1. The lowest BCUT2D eigenvalue weighted by molar-refractivity contribution is 0.0592. The van der Waals surface area contributed by atoms with Crippen LogP contribution in [0.1, 0.15) is 60.4 Å². The van der Waals surface area contributed by atoms with Gasteiger partial charge in [0.25, 0.3) is 0 Å². The Morgan fingerprint density at radius 1 is 1.21 bits per heavy atom. The standard InChI is InChI=1S/C14H19ClO4/c1-4-12(16)8-6-10(13(17)5-2)11(15)7-9(8)14(18)19-3/h6-7,12-13,16-17H,4-5H2,1-3H3. The molecule has 19 heavy (non-hydrogen) atoms. The molecule has 1 aromatic carbocycles. The average molecular weight is 287 g/mol. The van der Waals surface area contributed by atoms with Crippen LogP contribution in [0.2, 0.25) is 5.02 Å². The molecule has 0 saturated heterocycles. The highest BCUT2D eigenvalue weighted by Crippen LogP contribution is 2.32. The van der Waals surface area contributed by atoms with Gasteiger partial charge < -0.3 is 14.9 Å². The lowest BCUT2D eigenvalue weighted by Crippen LogP contribution is -2.11. The monoisotopic (exact) mass is 286 g/mol. The topological polar surface area (TPSA) is 66.8 Å². The Labute approximate surface area is 118 Å². The molecule has 0 spiro atoms. The number of hydrogen-bond donors (Lipinski definition) is 2. The number of esters is 1. The highest BCUT2D eigenvalue weighted by molar-refractivity contribution is 6.31. The fourth-order valence-electron chi connectivity index (χ4n) is 1.87. The number of rotatable bonds is 5. The molecule has 0 fully saturated rings. The summed E-state index contributed by atoms with van der Waals surface area (Å²) in [6.45, 7) is 3.63. The first kappa shape index (κ1) is 16.0. The highest BCUT2D eigenvalue weighted by atomic mass is 35.5. The quantitative estimate of drug-likeness (QED) is 0.817. The second kappa shape index (κ2) is 6.89. The third-order valence-corrected chi connectivity index (χ3v) is 3.39. The summed E-state index contributed by atoms with van der Waals surface area (Å²) in [4.78, 5) is 11.7. The van der Waals surface area contributed by atoms with E-state index in [-0.39, 0.29) is 5.56 Å². The van der Waals surface area contributed by atoms with Gasteiger partial charge in [0, 0.05) is 5.02 Å². The number of halogens is 1. The summed E-state index contributed by atoms with van der Waals surface area (Å²) in [5.74, 6) is -0.554. The van der Waals surface area contributed by atoms with E-state index in [1.54, 1.807) is 13.0 Å². The van der Waals surface area contributed by atoms with Crippen LogP contribution in [-0.4, -0.2) is 23.3 Å². The molecular formula is C14H19ClO4. The summed E-state index contributed by atoms with van der Waals surface area (Å²) in [5.41, 5.74) is 1.18. The summed E-state index contributed by atoms with van der Waals surface area (Å²) in [5, 5.41) is 20.2. The molecule has 2 unspecified atom stereocenters. The molecule has 4 nitrogen and oxygen atoms in total. The maximum atomic E-state index is 11.7. The summed E-state index contributed by atoms with van der Waals surface area (Å²) < 4.78 is 4.68. The van der Waals surface area contributed by atoms with Crippen LogP contribution in [0.15, 0.2) is 12.1 Å². The fourth-order valence-corrected chi connectivity index (χ4v) is 2.15. The summed E-state index contributed by atoms with van der Waals surface area (Å²) >= 11 is 6.07. The number of aliphatic hydroxyl groups excluding tert-OH is 2. The van der Waals surface area contributed by atoms with Gasteiger partial charge in [0.05, 0.1) is 24.9 Å². The van der Waals surface area contributed by atoms with Gasteiger partial charge in [0.15, 0.2) is 0 Å². The van der Waals surface area contributed by atoms with Crippen LogP contribution in [0.4, 0.5) is 0 Å². The Hall–Kier alpha value is -1.10. The van der Waals surface area contributed by atoms with Gasteiger partial charge in [-0.05, 0) is 36.1 Å². The SMILES string of the molecule is CCC(O)c1cc(C(O)CC)c(C(=O)OC)cc1Cl. The van der Waals surface area contributed by atoms with Crippen molar-refractivity contribution in [3.8, 4) is 0 Å². The fraction of sp³-hybridized carbons (Fsp3) is 0.500. The molecule has 1 aromatic rings. The first-order valence-electron chi connectivity index (χ1n) is 6.23. The third-order valence-electron chi connectivity index (χ3n) is 3.07. The number of methoxy groups -OCH3 is 1. The van der Waals surface area contributed by atoms with Crippen molar-refractivity contribution in [2.24, 2.45) is 0 Å². The first-order chi connectivity index (χ1) is 8.96. The zero-order valence-electron chi connectivity index (χ0n) is 11.3. The van der Waals surface area contributed by atoms with E-state index in [1.165, 1.54) is 13.2 Å². The van der Waals surface area contributed by atoms with E-state index in [0.29, 0.717) is 29.0 Å². The number of aliphatic hydroxyl groups is 2. The van der Waals surface area contributed by atoms with Gasteiger partial charge in [-0.25, -0.2) is 4.79 Å². The second-order valence-corrected chi connectivity index (χ2v) is 4.71. The first-order valence-corrected chi connectivity index (χ1v) is 6.61. The maximum Gasteiger partial charge on any atom is 0.338 e. The predicted octanol–water partition coefficient (Wildman–Crippen LogP) is 3.01. The molecule has 0 aliphatic carbocycles. The minimum atomic E-state index is -0.797. The van der Waals surface area contributed by atoms with Gasteiger partial charge >= 0.3 is 5.97 Å². The van der Waals surface area contributed by atoms with Crippen molar-refractivity contribution >= 4 is 17.6 Å². The van der Waals surface area contributed by atoms with Crippen molar-refractivity contribution < 1.29 is 19.7 Å².